The van der Waals surface area contributed by atoms with Crippen LogP contribution >= 0.6 is 0 Å². The van der Waals surface area contributed by atoms with Gasteiger partial charge in [-0.1, -0.05) is 56.5 Å². The van der Waals surface area contributed by atoms with Crippen LogP contribution in [-0.4, -0.2) is 54.0 Å². The zero-order chi connectivity index (χ0) is 22.1. The molecule has 0 aliphatic carbocycles. The molecule has 0 aliphatic heterocycles. The van der Waals surface area contributed by atoms with Gasteiger partial charge in [-0.05, 0) is 18.4 Å². The maximum absolute atomic E-state index is 12.6. The van der Waals surface area contributed by atoms with Crippen molar-refractivity contribution < 1.29 is 27.8 Å². The van der Waals surface area contributed by atoms with Crippen molar-refractivity contribution in [3.8, 4) is 0 Å². The van der Waals surface area contributed by atoms with E-state index in [1.807, 2.05) is 42.0 Å². The fourth-order valence-corrected chi connectivity index (χ4v) is 3.40. The van der Waals surface area contributed by atoms with Gasteiger partial charge in [-0.3, -0.25) is 4.79 Å². The number of nitrogens with one attached hydrogen (secondary N) is 2. The Morgan fingerprint density at radius 2 is 1.90 bits per heavy atom. The summed E-state index contributed by atoms with van der Waals surface area (Å²) in [7, 11) is -3.60. The average molecular weight is 440 g/mol. The van der Waals surface area contributed by atoms with Crippen LogP contribution in [0.4, 0.5) is 6.01 Å². The Balaban J connectivity index is 2.12. The van der Waals surface area contributed by atoms with Gasteiger partial charge in [-0.25, -0.2) is 13.1 Å². The number of amides is 1. The lowest BCUT2D eigenvalue weighted by atomic mass is 9.95. The van der Waals surface area contributed by atoms with Crippen LogP contribution in [0, 0.1) is 0 Å². The molecule has 3 unspecified atom stereocenters. The van der Waals surface area contributed by atoms with Gasteiger partial charge in [0.25, 0.3) is 5.91 Å². The average Bonchev–Trinajstić information content (AvgIpc) is 3.14. The highest BCUT2D eigenvalue weighted by Crippen LogP contribution is 2.15. The van der Waals surface area contributed by atoms with Gasteiger partial charge in [-0.2, -0.15) is 4.98 Å². The van der Waals surface area contributed by atoms with Gasteiger partial charge >= 0.3 is 6.01 Å². The molecule has 0 saturated carbocycles. The first kappa shape index (κ1) is 23.8. The van der Waals surface area contributed by atoms with Crippen molar-refractivity contribution in [3.63, 3.8) is 0 Å². The van der Waals surface area contributed by atoms with E-state index < -0.39 is 34.2 Å². The Hall–Kier alpha value is -2.43. The first-order chi connectivity index (χ1) is 14.2. The number of benzene rings is 1. The monoisotopic (exact) mass is 439 g/mol. The maximum atomic E-state index is 12.6. The van der Waals surface area contributed by atoms with Crippen LogP contribution in [0.25, 0.3) is 0 Å². The lowest BCUT2D eigenvalue weighted by molar-refractivity contribution is -0.00834. The number of anilines is 1. The number of unbranched alkanes of at least 4 members (excludes halogenated alkanes) is 2. The van der Waals surface area contributed by atoms with E-state index in [2.05, 4.69) is 10.3 Å². The Bertz CT molecular complexity index is 900. The van der Waals surface area contributed by atoms with Gasteiger partial charge in [0.15, 0.2) is 5.69 Å². The number of aliphatic hydroxyl groups is 2. The molecule has 2 aromatic rings. The minimum Gasteiger partial charge on any atom is -0.431 e. The third-order valence-electron chi connectivity index (χ3n) is 4.53. The quantitative estimate of drug-likeness (QED) is 0.369. The summed E-state index contributed by atoms with van der Waals surface area (Å²) in [6.45, 7) is 2.05. The summed E-state index contributed by atoms with van der Waals surface area (Å²) in [5, 5.41) is 23.8. The molecule has 2 rings (SSSR count). The number of hydrogen-bond donors (Lipinski definition) is 4. The van der Waals surface area contributed by atoms with Crippen LogP contribution < -0.4 is 10.0 Å². The number of carbonyl (C=O) groups excluding carboxylic acids is 1. The van der Waals surface area contributed by atoms with Crippen molar-refractivity contribution in [1.29, 1.82) is 0 Å². The minimum atomic E-state index is -3.60. The molecule has 30 heavy (non-hydrogen) atoms. The molecule has 0 fully saturated rings. The van der Waals surface area contributed by atoms with Crippen molar-refractivity contribution in [3.05, 3.63) is 47.9 Å². The van der Waals surface area contributed by atoms with Crippen LogP contribution in [0.3, 0.4) is 0 Å². The summed E-state index contributed by atoms with van der Waals surface area (Å²) in [4.78, 5) is 16.4. The highest BCUT2D eigenvalue weighted by molar-refractivity contribution is 7.91. The molecule has 1 heterocycles. The molecule has 1 amide bonds. The number of carbonyl (C=O) groups is 1. The molecular formula is C20H29N3O6S. The molecule has 10 heteroatoms. The second kappa shape index (κ2) is 11.1. The summed E-state index contributed by atoms with van der Waals surface area (Å²) in [6, 6.07) is 8.16. The largest absolute Gasteiger partial charge is 0.431 e. The van der Waals surface area contributed by atoms with Gasteiger partial charge < -0.3 is 19.9 Å². The third kappa shape index (κ3) is 7.77. The first-order valence-electron chi connectivity index (χ1n) is 9.84. The number of hydrogen-bond acceptors (Lipinski definition) is 7. The molecule has 4 N–H and O–H groups in total. The fourth-order valence-electron chi connectivity index (χ4n) is 2.99. The Labute approximate surface area is 176 Å². The normalized spacial score (nSPS) is 14.7. The SMILES string of the molecule is CCCCCC(O)C(O)C(Cc1ccccc1)NC(=O)c1coc(NS(C)(=O)=O)n1. The van der Waals surface area contributed by atoms with Crippen molar-refractivity contribution in [1.82, 2.24) is 10.3 Å². The van der Waals surface area contributed by atoms with E-state index in [-0.39, 0.29) is 11.7 Å². The standard InChI is InChI=1S/C20H29N3O6S/c1-3-4-6-11-17(24)18(25)15(12-14-9-7-5-8-10-14)21-19(26)16-13-29-20(22-16)23-30(2,27)28/h5,7-10,13,15,17-18,24-25H,3-4,6,11-12H2,1-2H3,(H,21,26)(H,22,23). The first-order valence-corrected chi connectivity index (χ1v) is 11.7. The second-order valence-corrected chi connectivity index (χ2v) is 8.98. The number of rotatable bonds is 12. The molecule has 0 bridgehead atoms. The molecule has 9 nitrogen and oxygen atoms in total. The molecular weight excluding hydrogens is 410 g/mol. The molecule has 1 aromatic carbocycles. The van der Waals surface area contributed by atoms with Gasteiger partial charge in [0, 0.05) is 0 Å². The number of aliphatic hydroxyl groups excluding tert-OH is 2. The molecule has 0 radical (unpaired) electrons. The second-order valence-electron chi connectivity index (χ2n) is 7.24. The van der Waals surface area contributed by atoms with Gasteiger partial charge in [0.2, 0.25) is 10.0 Å². The van der Waals surface area contributed by atoms with E-state index in [0.717, 1.165) is 37.3 Å². The topological polar surface area (TPSA) is 142 Å². The summed E-state index contributed by atoms with van der Waals surface area (Å²) >= 11 is 0. The Kier molecular flexibility index (Phi) is 8.82. The Morgan fingerprint density at radius 1 is 1.20 bits per heavy atom. The predicted molar refractivity (Wildman–Crippen MR) is 113 cm³/mol. The lowest BCUT2D eigenvalue weighted by Gasteiger charge is -2.27. The molecule has 166 valence electrons. The van der Waals surface area contributed by atoms with Crippen LogP contribution in [0.15, 0.2) is 41.0 Å². The van der Waals surface area contributed by atoms with E-state index in [9.17, 15) is 23.4 Å². The molecule has 0 spiro atoms. The minimum absolute atomic E-state index is 0.146. The predicted octanol–water partition coefficient (Wildman–Crippen LogP) is 1.69. The lowest BCUT2D eigenvalue weighted by Crippen LogP contribution is -2.49. The van der Waals surface area contributed by atoms with Gasteiger partial charge in [-0.15, -0.1) is 0 Å². The number of oxazole rings is 1. The van der Waals surface area contributed by atoms with E-state index in [0.29, 0.717) is 12.8 Å². The van der Waals surface area contributed by atoms with Crippen LogP contribution in [-0.2, 0) is 16.4 Å². The Morgan fingerprint density at radius 3 is 2.53 bits per heavy atom. The van der Waals surface area contributed by atoms with E-state index >= 15 is 0 Å². The smallest absolute Gasteiger partial charge is 0.309 e. The summed E-state index contributed by atoms with van der Waals surface area (Å²) in [6.07, 6.45) is 3.18. The molecule has 1 aromatic heterocycles. The number of aromatic nitrogens is 1. The summed E-state index contributed by atoms with van der Waals surface area (Å²) in [5.41, 5.74) is 0.731. The van der Waals surface area contributed by atoms with Crippen molar-refractivity contribution in [2.24, 2.45) is 0 Å². The maximum Gasteiger partial charge on any atom is 0.309 e. The zero-order valence-corrected chi connectivity index (χ0v) is 17.9. The van der Waals surface area contributed by atoms with E-state index in [4.69, 9.17) is 4.42 Å². The van der Waals surface area contributed by atoms with E-state index in [1.165, 1.54) is 0 Å². The van der Waals surface area contributed by atoms with Crippen molar-refractivity contribution in [2.45, 2.75) is 57.3 Å². The van der Waals surface area contributed by atoms with Crippen LogP contribution in [0.5, 0.6) is 0 Å². The molecule has 0 aliphatic rings. The summed E-state index contributed by atoms with van der Waals surface area (Å²) < 4.78 is 29.5. The zero-order valence-electron chi connectivity index (χ0n) is 17.1. The van der Waals surface area contributed by atoms with Gasteiger partial charge in [0.05, 0.1) is 18.4 Å². The van der Waals surface area contributed by atoms with Crippen molar-refractivity contribution >= 4 is 21.9 Å². The number of nitrogens with zero attached hydrogens (tertiary/aromatic N) is 1. The highest BCUT2D eigenvalue weighted by atomic mass is 32.2. The van der Waals surface area contributed by atoms with Crippen LogP contribution in [0.2, 0.25) is 0 Å². The van der Waals surface area contributed by atoms with Crippen molar-refractivity contribution in [2.75, 3.05) is 11.0 Å². The molecule has 0 saturated heterocycles. The highest BCUT2D eigenvalue weighted by Gasteiger charge is 2.29. The van der Waals surface area contributed by atoms with Crippen LogP contribution in [0.1, 0.15) is 48.7 Å². The molecule has 3 atom stereocenters. The fraction of sp³-hybridized carbons (Fsp3) is 0.500. The van der Waals surface area contributed by atoms with Gasteiger partial charge in [0.1, 0.15) is 12.4 Å². The van der Waals surface area contributed by atoms with E-state index in [1.54, 1.807) is 0 Å². The third-order valence-corrected chi connectivity index (χ3v) is 5.08. The number of sulfonamides is 1. The summed E-state index contributed by atoms with van der Waals surface area (Å²) in [5.74, 6) is -0.652.